The van der Waals surface area contributed by atoms with Crippen LogP contribution in [-0.2, 0) is 21.2 Å². The van der Waals surface area contributed by atoms with Gasteiger partial charge in [0.1, 0.15) is 11.4 Å². The Hall–Kier alpha value is -3.33. The van der Waals surface area contributed by atoms with Crippen LogP contribution in [0.4, 0.5) is 4.79 Å². The quantitative estimate of drug-likeness (QED) is 0.565. The van der Waals surface area contributed by atoms with Gasteiger partial charge in [0.25, 0.3) is 10.0 Å². The lowest BCUT2D eigenvalue weighted by Gasteiger charge is -2.25. The van der Waals surface area contributed by atoms with Crippen molar-refractivity contribution in [3.63, 3.8) is 0 Å². The molecule has 1 amide bonds. The van der Waals surface area contributed by atoms with Crippen molar-refractivity contribution < 1.29 is 22.7 Å². The fourth-order valence-electron chi connectivity index (χ4n) is 4.69. The molecular weight excluding hydrogens is 466 g/mol. The molecule has 0 spiro atoms. The normalized spacial score (nSPS) is 18.0. The van der Waals surface area contributed by atoms with E-state index in [1.807, 2.05) is 20.8 Å². The minimum absolute atomic E-state index is 0.0365. The van der Waals surface area contributed by atoms with Crippen LogP contribution in [-0.4, -0.2) is 41.7 Å². The fraction of sp³-hybridized carbons (Fsp3) is 0.385. The predicted octanol–water partition coefficient (Wildman–Crippen LogP) is 4.67. The molecule has 0 saturated heterocycles. The van der Waals surface area contributed by atoms with Gasteiger partial charge in [0.05, 0.1) is 22.5 Å². The second kappa shape index (κ2) is 8.71. The van der Waals surface area contributed by atoms with Gasteiger partial charge in [-0.05, 0) is 69.9 Å². The van der Waals surface area contributed by atoms with E-state index in [-0.39, 0.29) is 10.9 Å². The van der Waals surface area contributed by atoms with Crippen molar-refractivity contribution in [3.8, 4) is 5.75 Å². The maximum absolute atomic E-state index is 13.8. The molecule has 1 aliphatic heterocycles. The lowest BCUT2D eigenvalue weighted by Crippen LogP contribution is -2.39. The molecule has 0 fully saturated rings. The number of allylic oxidation sites excluding steroid dienone is 1. The molecule has 1 aliphatic carbocycles. The summed E-state index contributed by atoms with van der Waals surface area (Å²) in [6, 6.07) is 8.63. The smallest absolute Gasteiger partial charge is 0.407 e. The van der Waals surface area contributed by atoms with E-state index >= 15 is 0 Å². The van der Waals surface area contributed by atoms with Crippen LogP contribution >= 0.6 is 0 Å². The standard InChI is InChI=1S/C26H29N3O5S/c1-26(2,3)34-25(30)28-18-11-9-17(10-12-18)20-16-29(21-6-5-14-27-24(20)21)35(31,32)23-8-4-7-22-19(23)13-15-33-22/h4-9,14,16,18H,10-13,15H2,1-3H3,(H,28,30). The van der Waals surface area contributed by atoms with Gasteiger partial charge in [0, 0.05) is 36.0 Å². The second-order valence-electron chi connectivity index (χ2n) is 9.89. The molecule has 5 rings (SSSR count). The van der Waals surface area contributed by atoms with Crippen molar-refractivity contribution >= 4 is 32.7 Å². The van der Waals surface area contributed by atoms with Crippen molar-refractivity contribution in [1.82, 2.24) is 14.3 Å². The summed E-state index contributed by atoms with van der Waals surface area (Å²) in [7, 11) is -3.86. The minimum atomic E-state index is -3.86. The number of benzene rings is 1. The summed E-state index contributed by atoms with van der Waals surface area (Å²) >= 11 is 0. The number of ether oxygens (including phenoxy) is 2. The van der Waals surface area contributed by atoms with Gasteiger partial charge in [-0.1, -0.05) is 12.1 Å². The number of nitrogens with one attached hydrogen (secondary N) is 1. The molecule has 2 aliphatic rings. The number of pyridine rings is 1. The Morgan fingerprint density at radius 2 is 2.03 bits per heavy atom. The van der Waals surface area contributed by atoms with Gasteiger partial charge >= 0.3 is 6.09 Å². The summed E-state index contributed by atoms with van der Waals surface area (Å²) in [4.78, 5) is 16.9. The number of rotatable bonds is 4. The van der Waals surface area contributed by atoms with Gasteiger partial charge in [-0.25, -0.2) is 17.2 Å². The molecule has 3 aromatic rings. The predicted molar refractivity (Wildman–Crippen MR) is 133 cm³/mol. The maximum Gasteiger partial charge on any atom is 0.407 e. The average Bonchev–Trinajstić information content (AvgIpc) is 3.43. The molecule has 1 atom stereocenters. The number of alkyl carbamates (subject to hydrolysis) is 1. The zero-order chi connectivity index (χ0) is 24.8. The number of aromatic nitrogens is 2. The number of carbonyl (C=O) groups is 1. The Labute approximate surface area is 205 Å². The summed E-state index contributed by atoms with van der Waals surface area (Å²) in [5.74, 6) is 0.624. The number of hydrogen-bond donors (Lipinski definition) is 1. The lowest BCUT2D eigenvalue weighted by molar-refractivity contribution is 0.0502. The summed E-state index contributed by atoms with van der Waals surface area (Å²) in [6.45, 7) is 5.98. The summed E-state index contributed by atoms with van der Waals surface area (Å²) in [5, 5.41) is 2.93. The molecule has 35 heavy (non-hydrogen) atoms. The molecule has 3 heterocycles. The van der Waals surface area contributed by atoms with Crippen LogP contribution in [0.3, 0.4) is 0 Å². The van der Waals surface area contributed by atoms with E-state index in [0.29, 0.717) is 48.2 Å². The molecule has 184 valence electrons. The van der Waals surface area contributed by atoms with E-state index in [4.69, 9.17) is 9.47 Å². The van der Waals surface area contributed by atoms with E-state index in [1.54, 1.807) is 42.7 Å². The van der Waals surface area contributed by atoms with Gasteiger partial charge in [-0.15, -0.1) is 0 Å². The van der Waals surface area contributed by atoms with Gasteiger partial charge in [-0.2, -0.15) is 0 Å². The zero-order valence-corrected chi connectivity index (χ0v) is 20.9. The highest BCUT2D eigenvalue weighted by Crippen LogP contribution is 2.36. The number of carbonyl (C=O) groups excluding carboxylic acids is 1. The highest BCUT2D eigenvalue weighted by atomic mass is 32.2. The van der Waals surface area contributed by atoms with Crippen molar-refractivity contribution in [2.24, 2.45) is 0 Å². The first-order chi connectivity index (χ1) is 16.6. The molecule has 0 saturated carbocycles. The van der Waals surface area contributed by atoms with Crippen LogP contribution in [0.2, 0.25) is 0 Å². The van der Waals surface area contributed by atoms with Gasteiger partial charge < -0.3 is 14.8 Å². The van der Waals surface area contributed by atoms with Crippen LogP contribution in [0, 0.1) is 0 Å². The van der Waals surface area contributed by atoms with Gasteiger partial charge in [0.15, 0.2) is 0 Å². The lowest BCUT2D eigenvalue weighted by atomic mass is 9.91. The first-order valence-electron chi connectivity index (χ1n) is 11.8. The number of hydrogen-bond acceptors (Lipinski definition) is 6. The first kappa shape index (κ1) is 23.4. The summed E-state index contributed by atoms with van der Waals surface area (Å²) < 4.78 is 39.9. The Kier molecular flexibility index (Phi) is 5.83. The molecule has 1 unspecified atom stereocenters. The third-order valence-electron chi connectivity index (χ3n) is 6.24. The van der Waals surface area contributed by atoms with Crippen LogP contribution in [0.1, 0.15) is 51.2 Å². The molecule has 1 aromatic carbocycles. The van der Waals surface area contributed by atoms with Crippen molar-refractivity contribution in [2.45, 2.75) is 63.0 Å². The topological polar surface area (TPSA) is 99.5 Å². The summed E-state index contributed by atoms with van der Waals surface area (Å²) in [6.07, 6.45) is 7.58. The van der Waals surface area contributed by atoms with Crippen molar-refractivity contribution in [1.29, 1.82) is 0 Å². The average molecular weight is 496 g/mol. The van der Waals surface area contributed by atoms with E-state index < -0.39 is 21.7 Å². The maximum atomic E-state index is 13.8. The van der Waals surface area contributed by atoms with Crippen molar-refractivity contribution in [3.05, 3.63) is 59.9 Å². The highest BCUT2D eigenvalue weighted by Gasteiger charge is 2.29. The molecular formula is C26H29N3O5S. The molecule has 0 radical (unpaired) electrons. The Morgan fingerprint density at radius 1 is 1.20 bits per heavy atom. The minimum Gasteiger partial charge on any atom is -0.493 e. The van der Waals surface area contributed by atoms with Crippen LogP contribution in [0.25, 0.3) is 16.6 Å². The van der Waals surface area contributed by atoms with E-state index in [9.17, 15) is 13.2 Å². The monoisotopic (exact) mass is 495 g/mol. The molecule has 9 heteroatoms. The van der Waals surface area contributed by atoms with Crippen LogP contribution in [0.15, 0.2) is 53.7 Å². The van der Waals surface area contributed by atoms with Crippen LogP contribution < -0.4 is 10.1 Å². The van der Waals surface area contributed by atoms with E-state index in [0.717, 1.165) is 17.6 Å². The molecule has 8 nitrogen and oxygen atoms in total. The Balaban J connectivity index is 1.47. The number of amides is 1. The Bertz CT molecular complexity index is 1430. The first-order valence-corrected chi connectivity index (χ1v) is 13.2. The third-order valence-corrected chi connectivity index (χ3v) is 8.00. The molecule has 1 N–H and O–H groups in total. The number of fused-ring (bicyclic) bond motifs is 2. The largest absolute Gasteiger partial charge is 0.493 e. The molecule has 0 bridgehead atoms. The zero-order valence-electron chi connectivity index (χ0n) is 20.1. The van der Waals surface area contributed by atoms with Gasteiger partial charge in [0.2, 0.25) is 0 Å². The highest BCUT2D eigenvalue weighted by molar-refractivity contribution is 7.90. The van der Waals surface area contributed by atoms with E-state index in [2.05, 4.69) is 16.4 Å². The molecule has 2 aromatic heterocycles. The third kappa shape index (κ3) is 4.52. The Morgan fingerprint density at radius 3 is 2.77 bits per heavy atom. The van der Waals surface area contributed by atoms with E-state index in [1.165, 1.54) is 3.97 Å². The van der Waals surface area contributed by atoms with Crippen molar-refractivity contribution in [2.75, 3.05) is 6.61 Å². The number of nitrogens with zero attached hydrogens (tertiary/aromatic N) is 2. The fourth-order valence-corrected chi connectivity index (χ4v) is 6.31. The SMILES string of the molecule is CC(C)(C)OC(=O)NC1CC=C(c2cn(S(=O)(=O)c3cccc4c3CCO4)c3cccnc23)CC1. The van der Waals surface area contributed by atoms with Gasteiger partial charge in [-0.3, -0.25) is 4.98 Å². The summed E-state index contributed by atoms with van der Waals surface area (Å²) in [5.41, 5.74) is 3.16. The van der Waals surface area contributed by atoms with Crippen LogP contribution in [0.5, 0.6) is 5.75 Å². The second-order valence-corrected chi connectivity index (χ2v) is 11.7.